The molecule has 1 aliphatic rings. The van der Waals surface area contributed by atoms with Crippen molar-refractivity contribution in [2.45, 2.75) is 32.2 Å². The zero-order valence-corrected chi connectivity index (χ0v) is 16.6. The van der Waals surface area contributed by atoms with E-state index < -0.39 is 16.1 Å². The van der Waals surface area contributed by atoms with Crippen molar-refractivity contribution in [1.29, 1.82) is 0 Å². The maximum Gasteiger partial charge on any atom is 0.238 e. The molecule has 1 amide bonds. The molecule has 1 aromatic carbocycles. The summed E-state index contributed by atoms with van der Waals surface area (Å²) in [5.74, 6) is -0.206. The molecule has 1 unspecified atom stereocenters. The first kappa shape index (κ1) is 19.0. The molecule has 8 heteroatoms. The lowest BCUT2D eigenvalue weighted by Gasteiger charge is -2.21. The predicted molar refractivity (Wildman–Crippen MR) is 104 cm³/mol. The second-order valence-corrected chi connectivity index (χ2v) is 9.52. The molecule has 1 aliphatic heterocycles. The summed E-state index contributed by atoms with van der Waals surface area (Å²) in [7, 11) is -3.34. The molecule has 1 aromatic heterocycles. The molecule has 1 saturated heterocycles. The average Bonchev–Trinajstić information content (AvgIpc) is 3.24. The molecule has 26 heavy (non-hydrogen) atoms. The van der Waals surface area contributed by atoms with Crippen LogP contribution in [0.25, 0.3) is 11.3 Å². The number of aryl methyl sites for hydroxylation is 1. The van der Waals surface area contributed by atoms with Crippen LogP contribution in [0.4, 0.5) is 0 Å². The molecule has 1 atom stereocenters. The van der Waals surface area contributed by atoms with E-state index in [0.29, 0.717) is 25.9 Å². The molecule has 0 radical (unpaired) electrons. The Morgan fingerprint density at radius 1 is 1.35 bits per heavy atom. The van der Waals surface area contributed by atoms with Crippen molar-refractivity contribution < 1.29 is 13.2 Å². The highest BCUT2D eigenvalue weighted by Gasteiger charge is 2.36. The van der Waals surface area contributed by atoms with Crippen LogP contribution < -0.4 is 5.32 Å². The van der Waals surface area contributed by atoms with Crippen molar-refractivity contribution in [3.8, 4) is 11.3 Å². The molecule has 0 aliphatic carbocycles. The second-order valence-electron chi connectivity index (χ2n) is 6.52. The summed E-state index contributed by atoms with van der Waals surface area (Å²) in [6.07, 6.45) is 3.17. The average molecular weight is 394 g/mol. The Labute approximate surface area is 158 Å². The van der Waals surface area contributed by atoms with Crippen LogP contribution in [-0.4, -0.2) is 49.0 Å². The van der Waals surface area contributed by atoms with Crippen LogP contribution >= 0.6 is 11.3 Å². The molecule has 1 fully saturated rings. The van der Waals surface area contributed by atoms with Gasteiger partial charge < -0.3 is 5.32 Å². The zero-order valence-electron chi connectivity index (χ0n) is 14.9. The van der Waals surface area contributed by atoms with E-state index in [9.17, 15) is 13.2 Å². The van der Waals surface area contributed by atoms with Crippen molar-refractivity contribution in [1.82, 2.24) is 14.6 Å². The number of nitrogens with zero attached hydrogens (tertiary/aromatic N) is 2. The fraction of sp³-hybridized carbons (Fsp3) is 0.444. The van der Waals surface area contributed by atoms with Gasteiger partial charge in [-0.25, -0.2) is 13.4 Å². The number of nitrogens with one attached hydrogen (secondary N) is 1. The maximum absolute atomic E-state index is 12.3. The van der Waals surface area contributed by atoms with E-state index in [2.05, 4.69) is 10.3 Å². The van der Waals surface area contributed by atoms with Gasteiger partial charge in [0.05, 0.1) is 17.0 Å². The predicted octanol–water partition coefficient (Wildman–Crippen LogP) is 2.20. The fourth-order valence-corrected chi connectivity index (χ4v) is 4.93. The van der Waals surface area contributed by atoms with E-state index in [4.69, 9.17) is 0 Å². The van der Waals surface area contributed by atoms with Crippen LogP contribution in [0.2, 0.25) is 0 Å². The Morgan fingerprint density at radius 2 is 2.08 bits per heavy atom. The van der Waals surface area contributed by atoms with Crippen molar-refractivity contribution in [2.75, 3.05) is 19.3 Å². The standard InChI is InChI=1S/C18H23N3O3S2/c1-13-20-16(12-25-13)15-7-5-14(6-8-15)9-10-19-18(22)17-4-3-11-21(17)26(2,23)24/h5-8,12,17H,3-4,9-11H2,1-2H3,(H,19,22). The van der Waals surface area contributed by atoms with Gasteiger partial charge in [-0.1, -0.05) is 24.3 Å². The monoisotopic (exact) mass is 393 g/mol. The number of amides is 1. The van der Waals surface area contributed by atoms with Gasteiger partial charge in [0.2, 0.25) is 15.9 Å². The fourth-order valence-electron chi connectivity index (χ4n) is 3.19. The Kier molecular flexibility index (Phi) is 5.74. The van der Waals surface area contributed by atoms with E-state index in [1.165, 1.54) is 4.31 Å². The SMILES string of the molecule is Cc1nc(-c2ccc(CCNC(=O)C3CCCN3S(C)(=O)=O)cc2)cs1. The Hall–Kier alpha value is -1.77. The lowest BCUT2D eigenvalue weighted by atomic mass is 10.1. The third-order valence-corrected chi connectivity index (χ3v) is 6.58. The van der Waals surface area contributed by atoms with Gasteiger partial charge in [0, 0.05) is 24.0 Å². The van der Waals surface area contributed by atoms with E-state index in [-0.39, 0.29) is 5.91 Å². The Balaban J connectivity index is 1.52. The van der Waals surface area contributed by atoms with Crippen molar-refractivity contribution >= 4 is 27.3 Å². The van der Waals surface area contributed by atoms with E-state index in [0.717, 1.165) is 34.5 Å². The van der Waals surface area contributed by atoms with Crippen molar-refractivity contribution in [3.63, 3.8) is 0 Å². The zero-order chi connectivity index (χ0) is 18.7. The number of hydrogen-bond acceptors (Lipinski definition) is 5. The molecule has 0 bridgehead atoms. The molecule has 2 heterocycles. The minimum atomic E-state index is -3.34. The molecule has 0 saturated carbocycles. The summed E-state index contributed by atoms with van der Waals surface area (Å²) < 4.78 is 24.8. The van der Waals surface area contributed by atoms with Crippen LogP contribution in [-0.2, 0) is 21.2 Å². The molecular weight excluding hydrogens is 370 g/mol. The number of aromatic nitrogens is 1. The molecule has 6 nitrogen and oxygen atoms in total. The number of carbonyl (C=O) groups excluding carboxylic acids is 1. The van der Waals surface area contributed by atoms with Gasteiger partial charge in [0.1, 0.15) is 6.04 Å². The van der Waals surface area contributed by atoms with Crippen LogP contribution in [0.1, 0.15) is 23.4 Å². The molecule has 140 valence electrons. The highest BCUT2D eigenvalue weighted by molar-refractivity contribution is 7.88. The minimum Gasteiger partial charge on any atom is -0.354 e. The largest absolute Gasteiger partial charge is 0.354 e. The minimum absolute atomic E-state index is 0.206. The summed E-state index contributed by atoms with van der Waals surface area (Å²) in [5.41, 5.74) is 3.18. The third-order valence-electron chi connectivity index (χ3n) is 4.51. The highest BCUT2D eigenvalue weighted by atomic mass is 32.2. The summed E-state index contributed by atoms with van der Waals surface area (Å²) >= 11 is 1.63. The number of thiazole rings is 1. The van der Waals surface area contributed by atoms with Gasteiger partial charge in [-0.05, 0) is 31.7 Å². The van der Waals surface area contributed by atoms with Gasteiger partial charge in [0.25, 0.3) is 0 Å². The molecule has 2 aromatic rings. The van der Waals surface area contributed by atoms with Gasteiger partial charge >= 0.3 is 0 Å². The van der Waals surface area contributed by atoms with Crippen LogP contribution in [0.3, 0.4) is 0 Å². The lowest BCUT2D eigenvalue weighted by Crippen LogP contribution is -2.45. The second kappa shape index (κ2) is 7.85. The molecular formula is C18H23N3O3S2. The van der Waals surface area contributed by atoms with Crippen molar-refractivity contribution in [3.05, 3.63) is 40.2 Å². The number of benzene rings is 1. The number of rotatable bonds is 6. The highest BCUT2D eigenvalue weighted by Crippen LogP contribution is 2.22. The van der Waals surface area contributed by atoms with Gasteiger partial charge in [-0.15, -0.1) is 11.3 Å². The summed E-state index contributed by atoms with van der Waals surface area (Å²) in [5, 5.41) is 5.95. The van der Waals surface area contributed by atoms with Gasteiger partial charge in [0.15, 0.2) is 0 Å². The van der Waals surface area contributed by atoms with Crippen LogP contribution in [0.15, 0.2) is 29.6 Å². The topological polar surface area (TPSA) is 79.4 Å². The summed E-state index contributed by atoms with van der Waals surface area (Å²) in [4.78, 5) is 16.8. The first-order valence-electron chi connectivity index (χ1n) is 8.60. The van der Waals surface area contributed by atoms with Crippen LogP contribution in [0, 0.1) is 6.92 Å². The quantitative estimate of drug-likeness (QED) is 0.816. The molecule has 0 spiro atoms. The smallest absolute Gasteiger partial charge is 0.238 e. The number of hydrogen-bond donors (Lipinski definition) is 1. The number of carbonyl (C=O) groups is 1. The van der Waals surface area contributed by atoms with Gasteiger partial charge in [-0.3, -0.25) is 4.79 Å². The van der Waals surface area contributed by atoms with Crippen molar-refractivity contribution in [2.24, 2.45) is 0 Å². The van der Waals surface area contributed by atoms with E-state index in [1.54, 1.807) is 11.3 Å². The van der Waals surface area contributed by atoms with Gasteiger partial charge in [-0.2, -0.15) is 4.31 Å². The first-order chi connectivity index (χ1) is 12.3. The number of sulfonamides is 1. The Bertz CT molecular complexity index is 875. The summed E-state index contributed by atoms with van der Waals surface area (Å²) in [6.45, 7) is 2.90. The summed E-state index contributed by atoms with van der Waals surface area (Å²) in [6, 6.07) is 7.57. The maximum atomic E-state index is 12.3. The normalized spacial score (nSPS) is 18.2. The molecule has 1 N–H and O–H groups in total. The lowest BCUT2D eigenvalue weighted by molar-refractivity contribution is -0.124. The third kappa shape index (κ3) is 4.49. The first-order valence-corrected chi connectivity index (χ1v) is 11.3. The van der Waals surface area contributed by atoms with E-state index >= 15 is 0 Å². The Morgan fingerprint density at radius 3 is 2.69 bits per heavy atom. The van der Waals surface area contributed by atoms with Crippen LogP contribution in [0.5, 0.6) is 0 Å². The molecule has 3 rings (SSSR count). The van der Waals surface area contributed by atoms with E-state index in [1.807, 2.05) is 36.6 Å².